The Hall–Kier alpha value is -0.550. The van der Waals surface area contributed by atoms with Crippen molar-refractivity contribution in [3.8, 4) is 6.07 Å². The minimum absolute atomic E-state index is 0.296. The maximum atomic E-state index is 9.29. The molecule has 0 spiro atoms. The van der Waals surface area contributed by atoms with Crippen LogP contribution < -0.4 is 0 Å². The van der Waals surface area contributed by atoms with Gasteiger partial charge in [-0.3, -0.25) is 4.90 Å². The topological polar surface area (TPSA) is 27.0 Å². The number of nitrogens with zero attached hydrogens (tertiary/aromatic N) is 2. The van der Waals surface area contributed by atoms with E-state index in [4.69, 9.17) is 0 Å². The van der Waals surface area contributed by atoms with Crippen LogP contribution in [-0.2, 0) is 0 Å². The predicted molar refractivity (Wildman–Crippen MR) is 70.6 cm³/mol. The highest BCUT2D eigenvalue weighted by molar-refractivity contribution is 4.96. The summed E-state index contributed by atoms with van der Waals surface area (Å²) in [6, 6.07) is 3.11. The summed E-state index contributed by atoms with van der Waals surface area (Å²) in [4.78, 5) is 2.63. The molecule has 0 aromatic rings. The Kier molecular flexibility index (Phi) is 4.09. The van der Waals surface area contributed by atoms with Gasteiger partial charge < -0.3 is 0 Å². The highest BCUT2D eigenvalue weighted by Gasteiger charge is 2.32. The normalized spacial score (nSPS) is 34.9. The number of hydrogen-bond acceptors (Lipinski definition) is 2. The number of hydrogen-bond donors (Lipinski definition) is 0. The Morgan fingerprint density at radius 1 is 1.06 bits per heavy atom. The Balaban J connectivity index is 1.99. The van der Waals surface area contributed by atoms with Gasteiger partial charge in [0.15, 0.2) is 0 Å². The average molecular weight is 234 g/mol. The molecule has 2 unspecified atom stereocenters. The van der Waals surface area contributed by atoms with Gasteiger partial charge in [0.1, 0.15) is 0 Å². The summed E-state index contributed by atoms with van der Waals surface area (Å²) in [6.45, 7) is 7.19. The first-order valence-electron chi connectivity index (χ1n) is 7.26. The first-order valence-corrected chi connectivity index (χ1v) is 7.26. The molecule has 2 rings (SSSR count). The molecule has 2 nitrogen and oxygen atoms in total. The van der Waals surface area contributed by atoms with Crippen molar-refractivity contribution in [1.82, 2.24) is 4.90 Å². The van der Waals surface area contributed by atoms with E-state index in [2.05, 4.69) is 24.8 Å². The highest BCUT2D eigenvalue weighted by atomic mass is 15.2. The summed E-state index contributed by atoms with van der Waals surface area (Å²) in [5.41, 5.74) is 0.506. The van der Waals surface area contributed by atoms with E-state index in [-0.39, 0.29) is 0 Å². The smallest absolute Gasteiger partial charge is 0.0672 e. The lowest BCUT2D eigenvalue weighted by Crippen LogP contribution is -2.42. The second-order valence-corrected chi connectivity index (χ2v) is 6.64. The molecule has 0 aromatic carbocycles. The summed E-state index contributed by atoms with van der Waals surface area (Å²) in [6.07, 6.45) is 8.90. The molecule has 2 atom stereocenters. The van der Waals surface area contributed by atoms with Crippen LogP contribution in [0.15, 0.2) is 0 Å². The van der Waals surface area contributed by atoms with Gasteiger partial charge in [-0.2, -0.15) is 5.26 Å². The number of likely N-dealkylation sites (tertiary alicyclic amines) is 1. The first kappa shape index (κ1) is 12.9. The molecular weight excluding hydrogens is 208 g/mol. The van der Waals surface area contributed by atoms with Crippen molar-refractivity contribution in [2.24, 2.45) is 11.3 Å². The fraction of sp³-hybridized carbons (Fsp3) is 0.933. The van der Waals surface area contributed by atoms with Gasteiger partial charge in [0.05, 0.1) is 12.0 Å². The third-order valence-electron chi connectivity index (χ3n) is 4.74. The van der Waals surface area contributed by atoms with E-state index in [0.717, 1.165) is 6.42 Å². The molecule has 2 aliphatic rings. The molecule has 1 aliphatic heterocycles. The standard InChI is InChI=1S/C15H26N2/c1-15(2)8-5-10-17(11-9-15)14-7-4-3-6-13(14)12-16/h13-14H,3-11H2,1-2H3. The maximum Gasteiger partial charge on any atom is 0.0672 e. The van der Waals surface area contributed by atoms with Crippen LogP contribution in [0.3, 0.4) is 0 Å². The molecule has 1 saturated carbocycles. The van der Waals surface area contributed by atoms with Crippen molar-refractivity contribution in [3.05, 3.63) is 0 Å². The van der Waals surface area contributed by atoms with Gasteiger partial charge in [-0.1, -0.05) is 26.7 Å². The van der Waals surface area contributed by atoms with Crippen LogP contribution in [0.2, 0.25) is 0 Å². The van der Waals surface area contributed by atoms with Crippen LogP contribution >= 0.6 is 0 Å². The van der Waals surface area contributed by atoms with E-state index >= 15 is 0 Å². The molecule has 1 saturated heterocycles. The lowest BCUT2D eigenvalue weighted by Gasteiger charge is -2.36. The van der Waals surface area contributed by atoms with Crippen LogP contribution in [0.5, 0.6) is 0 Å². The second-order valence-electron chi connectivity index (χ2n) is 6.64. The summed E-state index contributed by atoms with van der Waals surface area (Å²) < 4.78 is 0. The van der Waals surface area contributed by atoms with Gasteiger partial charge in [-0.15, -0.1) is 0 Å². The van der Waals surface area contributed by atoms with Gasteiger partial charge in [0.25, 0.3) is 0 Å². The Morgan fingerprint density at radius 3 is 2.59 bits per heavy atom. The van der Waals surface area contributed by atoms with Crippen molar-refractivity contribution >= 4 is 0 Å². The van der Waals surface area contributed by atoms with Gasteiger partial charge in [0, 0.05) is 6.04 Å². The molecule has 96 valence electrons. The summed E-state index contributed by atoms with van der Waals surface area (Å²) in [5, 5.41) is 9.29. The SMILES string of the molecule is CC1(C)CCCN(C2CCCCC2C#N)CC1. The van der Waals surface area contributed by atoms with Crippen LogP contribution in [0, 0.1) is 22.7 Å². The van der Waals surface area contributed by atoms with E-state index in [0.29, 0.717) is 17.4 Å². The fourth-order valence-electron chi connectivity index (χ4n) is 3.47. The zero-order valence-electron chi connectivity index (χ0n) is 11.4. The molecule has 0 radical (unpaired) electrons. The predicted octanol–water partition coefficient (Wildman–Crippen LogP) is 3.58. The van der Waals surface area contributed by atoms with Crippen LogP contribution in [0.25, 0.3) is 0 Å². The molecule has 17 heavy (non-hydrogen) atoms. The van der Waals surface area contributed by atoms with Crippen LogP contribution in [0.1, 0.15) is 58.8 Å². The van der Waals surface area contributed by atoms with E-state index in [9.17, 15) is 5.26 Å². The molecule has 0 bridgehead atoms. The van der Waals surface area contributed by atoms with Crippen molar-refractivity contribution in [2.75, 3.05) is 13.1 Å². The zero-order chi connectivity index (χ0) is 12.3. The number of nitriles is 1. The van der Waals surface area contributed by atoms with Gasteiger partial charge in [-0.05, 0) is 50.6 Å². The molecule has 0 amide bonds. The first-order chi connectivity index (χ1) is 8.12. The monoisotopic (exact) mass is 234 g/mol. The van der Waals surface area contributed by atoms with Gasteiger partial charge in [0.2, 0.25) is 0 Å². The summed E-state index contributed by atoms with van der Waals surface area (Å²) in [5.74, 6) is 0.296. The highest BCUT2D eigenvalue weighted by Crippen LogP contribution is 2.34. The van der Waals surface area contributed by atoms with Gasteiger partial charge >= 0.3 is 0 Å². The van der Waals surface area contributed by atoms with Crippen LogP contribution in [-0.4, -0.2) is 24.0 Å². The third-order valence-corrected chi connectivity index (χ3v) is 4.74. The molecule has 2 fully saturated rings. The van der Waals surface area contributed by atoms with E-state index in [1.165, 1.54) is 51.6 Å². The lowest BCUT2D eigenvalue weighted by molar-refractivity contribution is 0.127. The van der Waals surface area contributed by atoms with Crippen molar-refractivity contribution in [3.63, 3.8) is 0 Å². The molecule has 1 heterocycles. The fourth-order valence-corrected chi connectivity index (χ4v) is 3.47. The van der Waals surface area contributed by atoms with E-state index < -0.39 is 0 Å². The molecular formula is C15H26N2. The summed E-state index contributed by atoms with van der Waals surface area (Å²) in [7, 11) is 0. The second kappa shape index (κ2) is 5.40. The third kappa shape index (κ3) is 3.22. The van der Waals surface area contributed by atoms with Crippen molar-refractivity contribution in [2.45, 2.75) is 64.8 Å². The zero-order valence-corrected chi connectivity index (χ0v) is 11.4. The van der Waals surface area contributed by atoms with E-state index in [1.807, 2.05) is 0 Å². The molecule has 0 N–H and O–H groups in total. The Bertz CT molecular complexity index is 290. The lowest BCUT2D eigenvalue weighted by atomic mass is 9.84. The van der Waals surface area contributed by atoms with E-state index in [1.54, 1.807) is 0 Å². The largest absolute Gasteiger partial charge is 0.299 e. The minimum Gasteiger partial charge on any atom is -0.299 e. The minimum atomic E-state index is 0.296. The number of rotatable bonds is 1. The summed E-state index contributed by atoms with van der Waals surface area (Å²) >= 11 is 0. The molecule has 0 aromatic heterocycles. The van der Waals surface area contributed by atoms with Crippen molar-refractivity contribution in [1.29, 1.82) is 5.26 Å². The average Bonchev–Trinajstić information content (AvgIpc) is 2.50. The Morgan fingerprint density at radius 2 is 1.82 bits per heavy atom. The molecule has 2 heteroatoms. The quantitative estimate of drug-likeness (QED) is 0.693. The van der Waals surface area contributed by atoms with Crippen LogP contribution in [0.4, 0.5) is 0 Å². The van der Waals surface area contributed by atoms with Gasteiger partial charge in [-0.25, -0.2) is 0 Å². The van der Waals surface area contributed by atoms with Crippen molar-refractivity contribution < 1.29 is 0 Å². The molecule has 1 aliphatic carbocycles. The maximum absolute atomic E-state index is 9.29. The Labute approximate surface area is 106 Å².